The maximum atomic E-state index is 11.9. The Morgan fingerprint density at radius 1 is 1.33 bits per heavy atom. The lowest BCUT2D eigenvalue weighted by atomic mass is 9.95. The number of ether oxygens (including phenoxy) is 2. The van der Waals surface area contributed by atoms with E-state index >= 15 is 0 Å². The average Bonchev–Trinajstić information content (AvgIpc) is 3.22. The second-order valence-electron chi connectivity index (χ2n) is 5.26. The molecule has 1 unspecified atom stereocenters. The van der Waals surface area contributed by atoms with E-state index in [1.54, 1.807) is 0 Å². The molecule has 5 nitrogen and oxygen atoms in total. The van der Waals surface area contributed by atoms with Crippen LogP contribution in [0.2, 0.25) is 0 Å². The van der Waals surface area contributed by atoms with Gasteiger partial charge in [-0.05, 0) is 26.3 Å². The van der Waals surface area contributed by atoms with E-state index in [1.165, 1.54) is 19.9 Å². The third kappa shape index (κ3) is 3.42. The van der Waals surface area contributed by atoms with Crippen molar-refractivity contribution in [3.8, 4) is 11.5 Å². The molecule has 1 aliphatic rings. The third-order valence-corrected chi connectivity index (χ3v) is 3.42. The molecule has 1 aliphatic heterocycles. The van der Waals surface area contributed by atoms with Gasteiger partial charge in [-0.3, -0.25) is 9.59 Å². The van der Waals surface area contributed by atoms with E-state index in [0.717, 1.165) is 6.42 Å². The number of phenolic OH excluding ortho intramolecular Hbond substituents is 1. The number of ketones is 2. The summed E-state index contributed by atoms with van der Waals surface area (Å²) in [5.41, 5.74) is 1.02. The molecule has 1 aromatic carbocycles. The molecule has 1 atom stereocenters. The fourth-order valence-corrected chi connectivity index (χ4v) is 2.23. The minimum Gasteiger partial charge on any atom is -0.507 e. The molecule has 1 fully saturated rings. The van der Waals surface area contributed by atoms with Gasteiger partial charge in [-0.15, -0.1) is 0 Å². The van der Waals surface area contributed by atoms with E-state index < -0.39 is 0 Å². The number of epoxide rings is 1. The van der Waals surface area contributed by atoms with Gasteiger partial charge >= 0.3 is 0 Å². The Morgan fingerprint density at radius 3 is 2.43 bits per heavy atom. The molecule has 21 heavy (non-hydrogen) atoms. The summed E-state index contributed by atoms with van der Waals surface area (Å²) in [7, 11) is 0. The molecule has 2 rings (SSSR count). The van der Waals surface area contributed by atoms with E-state index in [1.807, 2.05) is 6.92 Å². The zero-order chi connectivity index (χ0) is 15.6. The minimum atomic E-state index is -0.274. The number of carbonyl (C=O) groups is 2. The smallest absolute Gasteiger partial charge is 0.163 e. The van der Waals surface area contributed by atoms with Crippen molar-refractivity contribution >= 4 is 11.6 Å². The van der Waals surface area contributed by atoms with Crippen LogP contribution in [0.1, 0.15) is 53.5 Å². The fourth-order valence-electron chi connectivity index (χ4n) is 2.23. The monoisotopic (exact) mass is 292 g/mol. The van der Waals surface area contributed by atoms with Gasteiger partial charge in [-0.25, -0.2) is 0 Å². The van der Waals surface area contributed by atoms with Crippen molar-refractivity contribution in [3.63, 3.8) is 0 Å². The molecule has 114 valence electrons. The molecule has 1 saturated heterocycles. The Hall–Kier alpha value is -1.88. The maximum absolute atomic E-state index is 11.9. The van der Waals surface area contributed by atoms with Crippen LogP contribution in [-0.2, 0) is 11.2 Å². The van der Waals surface area contributed by atoms with Crippen molar-refractivity contribution in [2.75, 3.05) is 13.2 Å². The lowest BCUT2D eigenvalue weighted by molar-refractivity contribution is 0.101. The van der Waals surface area contributed by atoms with Crippen molar-refractivity contribution in [3.05, 3.63) is 22.8 Å². The van der Waals surface area contributed by atoms with Crippen LogP contribution in [0, 0.1) is 0 Å². The highest BCUT2D eigenvalue weighted by Crippen LogP contribution is 2.37. The number of carbonyl (C=O) groups excluding carboxylic acids is 2. The van der Waals surface area contributed by atoms with Crippen molar-refractivity contribution < 1.29 is 24.2 Å². The van der Waals surface area contributed by atoms with E-state index in [0.29, 0.717) is 36.5 Å². The summed E-state index contributed by atoms with van der Waals surface area (Å²) >= 11 is 0. The molecule has 5 heteroatoms. The maximum Gasteiger partial charge on any atom is 0.163 e. The first kappa shape index (κ1) is 15.5. The van der Waals surface area contributed by atoms with E-state index in [4.69, 9.17) is 9.47 Å². The summed E-state index contributed by atoms with van der Waals surface area (Å²) in [4.78, 5) is 23.5. The van der Waals surface area contributed by atoms with Crippen LogP contribution in [0.4, 0.5) is 0 Å². The van der Waals surface area contributed by atoms with E-state index in [9.17, 15) is 14.7 Å². The van der Waals surface area contributed by atoms with Gasteiger partial charge in [0.1, 0.15) is 24.2 Å². The van der Waals surface area contributed by atoms with Crippen LogP contribution in [0.15, 0.2) is 6.07 Å². The molecule has 0 spiro atoms. The summed E-state index contributed by atoms with van der Waals surface area (Å²) in [5, 5.41) is 10.3. The first-order chi connectivity index (χ1) is 9.95. The Bertz CT molecular complexity index is 573. The Balaban J connectivity index is 2.52. The lowest BCUT2D eigenvalue weighted by Crippen LogP contribution is -2.12. The van der Waals surface area contributed by atoms with Gasteiger partial charge in [0.25, 0.3) is 0 Å². The lowest BCUT2D eigenvalue weighted by Gasteiger charge is -2.17. The standard InChI is InChI=1S/C16H20O5/c1-4-5-12-15(19)13(9(2)17)6-14(10(3)18)16(12)21-8-11-7-20-11/h6,11,19H,4-5,7-8H2,1-3H3. The quantitative estimate of drug-likeness (QED) is 0.617. The number of benzene rings is 1. The van der Waals surface area contributed by atoms with Crippen LogP contribution in [0.5, 0.6) is 11.5 Å². The van der Waals surface area contributed by atoms with Gasteiger partial charge in [0.2, 0.25) is 0 Å². The summed E-state index contributed by atoms with van der Waals surface area (Å²) < 4.78 is 10.8. The molecule has 0 bridgehead atoms. The SMILES string of the molecule is CCCc1c(O)c(C(C)=O)cc(C(C)=O)c1OCC1CO1. The summed E-state index contributed by atoms with van der Waals surface area (Å²) in [6.45, 7) is 5.74. The zero-order valence-electron chi connectivity index (χ0n) is 12.6. The molecule has 0 aromatic heterocycles. The van der Waals surface area contributed by atoms with Gasteiger partial charge in [0.15, 0.2) is 11.6 Å². The predicted octanol–water partition coefficient (Wildman–Crippen LogP) is 2.53. The highest BCUT2D eigenvalue weighted by atomic mass is 16.6. The third-order valence-electron chi connectivity index (χ3n) is 3.42. The zero-order valence-corrected chi connectivity index (χ0v) is 12.6. The molecule has 1 N–H and O–H groups in total. The first-order valence-electron chi connectivity index (χ1n) is 7.10. The van der Waals surface area contributed by atoms with Gasteiger partial charge < -0.3 is 14.6 Å². The van der Waals surface area contributed by atoms with Gasteiger partial charge in [-0.2, -0.15) is 0 Å². The molecular weight excluding hydrogens is 272 g/mol. The number of aromatic hydroxyl groups is 1. The van der Waals surface area contributed by atoms with Crippen LogP contribution in [-0.4, -0.2) is 36.0 Å². The largest absolute Gasteiger partial charge is 0.507 e. The second-order valence-corrected chi connectivity index (χ2v) is 5.26. The van der Waals surface area contributed by atoms with Crippen molar-refractivity contribution in [1.29, 1.82) is 0 Å². The molecule has 1 heterocycles. The summed E-state index contributed by atoms with van der Waals surface area (Å²) in [6, 6.07) is 1.42. The van der Waals surface area contributed by atoms with Crippen LogP contribution in [0.25, 0.3) is 0 Å². The van der Waals surface area contributed by atoms with Gasteiger partial charge in [0.05, 0.1) is 17.7 Å². The number of hydrogen-bond donors (Lipinski definition) is 1. The highest BCUT2D eigenvalue weighted by molar-refractivity contribution is 6.04. The van der Waals surface area contributed by atoms with Crippen molar-refractivity contribution in [2.24, 2.45) is 0 Å². The van der Waals surface area contributed by atoms with E-state index in [2.05, 4.69) is 0 Å². The molecule has 0 amide bonds. The molecule has 0 aliphatic carbocycles. The molecular formula is C16H20O5. The predicted molar refractivity (Wildman–Crippen MR) is 77.3 cm³/mol. The Morgan fingerprint density at radius 2 is 1.95 bits per heavy atom. The first-order valence-corrected chi connectivity index (χ1v) is 7.10. The average molecular weight is 292 g/mol. The van der Waals surface area contributed by atoms with Gasteiger partial charge in [-0.1, -0.05) is 13.3 Å². The van der Waals surface area contributed by atoms with Crippen molar-refractivity contribution in [1.82, 2.24) is 0 Å². The summed E-state index contributed by atoms with van der Waals surface area (Å²) in [6.07, 6.45) is 1.35. The normalized spacial score (nSPS) is 16.6. The minimum absolute atomic E-state index is 0.0499. The van der Waals surface area contributed by atoms with Crippen molar-refractivity contribution in [2.45, 2.75) is 39.7 Å². The number of rotatable bonds is 7. The number of hydrogen-bond acceptors (Lipinski definition) is 5. The molecule has 0 saturated carbocycles. The highest BCUT2D eigenvalue weighted by Gasteiger charge is 2.27. The van der Waals surface area contributed by atoms with Crippen LogP contribution in [0.3, 0.4) is 0 Å². The fraction of sp³-hybridized carbons (Fsp3) is 0.500. The Kier molecular flexibility index (Phi) is 4.63. The van der Waals surface area contributed by atoms with E-state index in [-0.39, 0.29) is 29.0 Å². The van der Waals surface area contributed by atoms with Crippen LogP contribution >= 0.6 is 0 Å². The Labute approximate surface area is 123 Å². The second kappa shape index (κ2) is 6.26. The summed E-state index contributed by atoms with van der Waals surface area (Å²) in [5.74, 6) is -0.172. The molecule has 0 radical (unpaired) electrons. The molecule has 1 aromatic rings. The number of phenols is 1. The number of Topliss-reactive ketones (excluding diaryl/α,β-unsaturated/α-hetero) is 2. The van der Waals surface area contributed by atoms with Crippen LogP contribution < -0.4 is 4.74 Å². The topological polar surface area (TPSA) is 76.1 Å². The van der Waals surface area contributed by atoms with Gasteiger partial charge in [0, 0.05) is 5.56 Å².